The number of fused-ring (bicyclic) bond motifs is 2. The lowest BCUT2D eigenvalue weighted by molar-refractivity contribution is 1.27. The third kappa shape index (κ3) is 3.61. The van der Waals surface area contributed by atoms with E-state index in [1.807, 2.05) is 31.2 Å². The molecule has 4 rings (SSSR count). The van der Waals surface area contributed by atoms with Crippen LogP contribution in [0.4, 0.5) is 0 Å². The maximum absolute atomic E-state index is 5.85. The Kier molecular flexibility index (Phi) is 4.69. The monoisotopic (exact) mass is 365 g/mol. The lowest BCUT2D eigenvalue weighted by Gasteiger charge is -1.89. The van der Waals surface area contributed by atoms with Crippen LogP contribution in [0.5, 0.6) is 0 Å². The van der Waals surface area contributed by atoms with Gasteiger partial charge < -0.3 is 0 Å². The van der Waals surface area contributed by atoms with Crippen molar-refractivity contribution in [2.24, 2.45) is 0 Å². The highest BCUT2D eigenvalue weighted by molar-refractivity contribution is 7.22. The normalized spacial score (nSPS) is 10.7. The number of benzene rings is 1. The van der Waals surface area contributed by atoms with Gasteiger partial charge in [-0.05, 0) is 49.1 Å². The van der Waals surface area contributed by atoms with Crippen LogP contribution < -0.4 is 0 Å². The van der Waals surface area contributed by atoms with E-state index < -0.39 is 0 Å². The van der Waals surface area contributed by atoms with Crippen LogP contribution in [0.1, 0.15) is 11.3 Å². The van der Waals surface area contributed by atoms with Crippen LogP contribution in [0.15, 0.2) is 42.5 Å². The molecule has 4 aromatic rings. The summed E-state index contributed by atoms with van der Waals surface area (Å²) >= 11 is 14.8. The molecule has 0 unspecified atom stereocenters. The maximum Gasteiger partial charge on any atom is 0.124 e. The Morgan fingerprint density at radius 3 is 2.32 bits per heavy atom. The van der Waals surface area contributed by atoms with E-state index in [2.05, 4.69) is 30.1 Å². The van der Waals surface area contributed by atoms with Crippen LogP contribution in [0, 0.1) is 13.8 Å². The molecule has 0 aliphatic carbocycles. The van der Waals surface area contributed by atoms with Gasteiger partial charge in [-0.15, -0.1) is 22.7 Å². The maximum atomic E-state index is 5.85. The molecule has 0 atom stereocenters. The second-order valence-electron chi connectivity index (χ2n) is 4.99. The van der Waals surface area contributed by atoms with Crippen molar-refractivity contribution >= 4 is 66.2 Å². The number of thiophene rings is 2. The lowest BCUT2D eigenvalue weighted by atomic mass is 10.2. The highest BCUT2D eigenvalue weighted by Gasteiger charge is 1.99. The van der Waals surface area contributed by atoms with Gasteiger partial charge >= 0.3 is 0 Å². The quantitative estimate of drug-likeness (QED) is 0.323. The number of nitrogens with zero attached hydrogens (tertiary/aromatic N) is 1. The average molecular weight is 366 g/mol. The summed E-state index contributed by atoms with van der Waals surface area (Å²) in [4.78, 5) is 5.35. The Hall–Kier alpha value is -1.13. The fraction of sp³-hybridized carbons (Fsp3) is 0.118. The van der Waals surface area contributed by atoms with Crippen molar-refractivity contribution in [2.45, 2.75) is 13.8 Å². The molecule has 1 aromatic carbocycles. The van der Waals surface area contributed by atoms with E-state index in [0.29, 0.717) is 0 Å². The van der Waals surface area contributed by atoms with Gasteiger partial charge in [0.05, 0.1) is 8.67 Å². The molecule has 0 aliphatic heterocycles. The highest BCUT2D eigenvalue weighted by Crippen LogP contribution is 2.29. The fourth-order valence-electron chi connectivity index (χ4n) is 2.09. The molecule has 1 nitrogen and oxygen atoms in total. The molecular weight excluding hydrogens is 353 g/mol. The summed E-state index contributed by atoms with van der Waals surface area (Å²) in [6.45, 7) is 4.07. The Morgan fingerprint density at radius 1 is 0.818 bits per heavy atom. The number of aryl methyl sites for hydroxylation is 2. The summed E-state index contributed by atoms with van der Waals surface area (Å²) in [5.74, 6) is 0. The van der Waals surface area contributed by atoms with Gasteiger partial charge in [0.25, 0.3) is 0 Å². The average Bonchev–Trinajstić information content (AvgIpc) is 2.99. The predicted octanol–water partition coefficient (Wildman–Crippen LogP) is 7.12. The molecule has 0 aliphatic rings. The minimum Gasteiger partial charge on any atom is -0.242 e. The smallest absolute Gasteiger partial charge is 0.124 e. The Morgan fingerprint density at radius 2 is 1.50 bits per heavy atom. The van der Waals surface area contributed by atoms with Crippen molar-refractivity contribution in [3.8, 4) is 0 Å². The van der Waals surface area contributed by atoms with Crippen LogP contribution in [0.3, 0.4) is 0 Å². The molecule has 3 aromatic heterocycles. The molecule has 22 heavy (non-hydrogen) atoms. The Balaban J connectivity index is 0.000000131. The Bertz CT molecular complexity index is 862. The molecule has 0 radical (unpaired) electrons. The summed E-state index contributed by atoms with van der Waals surface area (Å²) in [5, 5.41) is 2.37. The minimum absolute atomic E-state index is 0.804. The predicted molar refractivity (Wildman–Crippen MR) is 101 cm³/mol. The SMILES string of the molecule is Cc1ccc2cc(Cl)sc2c1.Cc1ccc2cc(Cl)sc2n1. The first-order chi connectivity index (χ1) is 10.5. The molecule has 0 saturated carbocycles. The van der Waals surface area contributed by atoms with Crippen LogP contribution in [-0.2, 0) is 0 Å². The van der Waals surface area contributed by atoms with E-state index in [0.717, 1.165) is 24.6 Å². The molecule has 0 spiro atoms. The Labute approximate surface area is 147 Å². The first-order valence-electron chi connectivity index (χ1n) is 6.70. The molecule has 0 saturated heterocycles. The van der Waals surface area contributed by atoms with Gasteiger partial charge in [0.2, 0.25) is 0 Å². The topological polar surface area (TPSA) is 12.9 Å². The van der Waals surface area contributed by atoms with E-state index in [9.17, 15) is 0 Å². The van der Waals surface area contributed by atoms with Crippen molar-refractivity contribution in [3.63, 3.8) is 0 Å². The van der Waals surface area contributed by atoms with E-state index in [4.69, 9.17) is 23.2 Å². The van der Waals surface area contributed by atoms with E-state index in [1.165, 1.54) is 27.0 Å². The minimum atomic E-state index is 0.804. The summed E-state index contributed by atoms with van der Waals surface area (Å²) < 4.78 is 2.94. The summed E-state index contributed by atoms with van der Waals surface area (Å²) in [6.07, 6.45) is 0. The standard InChI is InChI=1S/C9H7ClS.C8H6ClNS/c1-6-2-3-7-5-9(10)11-8(7)4-6;1-5-2-3-6-4-7(9)11-8(6)10-5/h2-5H,1H3;2-4H,1H3. The van der Waals surface area contributed by atoms with Crippen LogP contribution in [-0.4, -0.2) is 4.98 Å². The number of aromatic nitrogens is 1. The van der Waals surface area contributed by atoms with Gasteiger partial charge in [-0.3, -0.25) is 0 Å². The van der Waals surface area contributed by atoms with Crippen LogP contribution >= 0.6 is 45.9 Å². The van der Waals surface area contributed by atoms with Crippen molar-refractivity contribution in [3.05, 3.63) is 62.4 Å². The largest absolute Gasteiger partial charge is 0.242 e. The zero-order chi connectivity index (χ0) is 15.7. The van der Waals surface area contributed by atoms with Crippen molar-refractivity contribution in [1.29, 1.82) is 0 Å². The zero-order valence-electron chi connectivity index (χ0n) is 12.1. The number of halogens is 2. The second-order valence-corrected chi connectivity index (χ2v) is 8.37. The molecule has 3 heterocycles. The van der Waals surface area contributed by atoms with Crippen LogP contribution in [0.2, 0.25) is 8.67 Å². The number of rotatable bonds is 0. The van der Waals surface area contributed by atoms with Gasteiger partial charge in [-0.25, -0.2) is 4.98 Å². The first-order valence-corrected chi connectivity index (χ1v) is 9.08. The van der Waals surface area contributed by atoms with Gasteiger partial charge in [-0.2, -0.15) is 0 Å². The molecule has 0 fully saturated rings. The van der Waals surface area contributed by atoms with Gasteiger partial charge in [-0.1, -0.05) is 41.4 Å². The first kappa shape index (κ1) is 15.8. The number of pyridine rings is 1. The highest BCUT2D eigenvalue weighted by atomic mass is 35.5. The molecule has 0 N–H and O–H groups in total. The third-order valence-electron chi connectivity index (χ3n) is 3.14. The molecule has 5 heteroatoms. The van der Waals surface area contributed by atoms with E-state index in [-0.39, 0.29) is 0 Å². The summed E-state index contributed by atoms with van der Waals surface area (Å²) in [7, 11) is 0. The molecule has 0 bridgehead atoms. The van der Waals surface area contributed by atoms with E-state index in [1.54, 1.807) is 11.3 Å². The van der Waals surface area contributed by atoms with Crippen molar-refractivity contribution < 1.29 is 0 Å². The molecular formula is C17H13Cl2NS2. The fourth-order valence-corrected chi connectivity index (χ4v) is 4.48. The summed E-state index contributed by atoms with van der Waals surface area (Å²) in [5.41, 5.74) is 2.33. The molecule has 0 amide bonds. The second kappa shape index (κ2) is 6.55. The number of hydrogen-bond acceptors (Lipinski definition) is 3. The van der Waals surface area contributed by atoms with Crippen molar-refractivity contribution in [1.82, 2.24) is 4.98 Å². The summed E-state index contributed by atoms with van der Waals surface area (Å²) in [6, 6.07) is 14.3. The zero-order valence-corrected chi connectivity index (χ0v) is 15.2. The van der Waals surface area contributed by atoms with E-state index >= 15 is 0 Å². The van der Waals surface area contributed by atoms with Gasteiger partial charge in [0, 0.05) is 15.8 Å². The van der Waals surface area contributed by atoms with Gasteiger partial charge in [0.15, 0.2) is 0 Å². The van der Waals surface area contributed by atoms with Crippen LogP contribution in [0.25, 0.3) is 20.3 Å². The number of hydrogen-bond donors (Lipinski definition) is 0. The van der Waals surface area contributed by atoms with Gasteiger partial charge in [0.1, 0.15) is 4.83 Å². The lowest BCUT2D eigenvalue weighted by Crippen LogP contribution is -1.75. The van der Waals surface area contributed by atoms with Crippen molar-refractivity contribution in [2.75, 3.05) is 0 Å². The third-order valence-corrected chi connectivity index (χ3v) is 5.54. The molecule has 112 valence electrons.